The van der Waals surface area contributed by atoms with Crippen LogP contribution in [0, 0.1) is 5.92 Å². The lowest BCUT2D eigenvalue weighted by Gasteiger charge is -2.30. The molecule has 1 aromatic carbocycles. The molecule has 0 aromatic heterocycles. The molecule has 1 saturated carbocycles. The van der Waals surface area contributed by atoms with Gasteiger partial charge in [-0.05, 0) is 44.2 Å². The maximum atomic E-state index is 10.00. The fourth-order valence-electron chi connectivity index (χ4n) is 3.41. The van der Waals surface area contributed by atoms with Gasteiger partial charge in [-0.15, -0.1) is 24.0 Å². The van der Waals surface area contributed by atoms with Gasteiger partial charge in [0.25, 0.3) is 0 Å². The summed E-state index contributed by atoms with van der Waals surface area (Å²) in [7, 11) is 0. The summed E-state index contributed by atoms with van der Waals surface area (Å²) in [6.45, 7) is 2.88. The summed E-state index contributed by atoms with van der Waals surface area (Å²) in [5.41, 5.74) is 1.08. The SMILES string of the molecule is I.OC1CCCC1CN=C(Nc1ccccc1)N1CCCCC1. The third kappa shape index (κ3) is 5.35. The molecule has 23 heavy (non-hydrogen) atoms. The summed E-state index contributed by atoms with van der Waals surface area (Å²) >= 11 is 0. The van der Waals surface area contributed by atoms with Crippen molar-refractivity contribution in [3.8, 4) is 0 Å². The van der Waals surface area contributed by atoms with E-state index in [1.54, 1.807) is 0 Å². The Labute approximate surface area is 156 Å². The minimum atomic E-state index is -0.164. The number of hydrogen-bond donors (Lipinski definition) is 2. The predicted molar refractivity (Wildman–Crippen MR) is 107 cm³/mol. The number of aliphatic hydroxyl groups excluding tert-OH is 1. The molecular formula is C18H28IN3O. The number of aliphatic hydroxyl groups is 1. The molecule has 128 valence electrons. The van der Waals surface area contributed by atoms with Crippen molar-refractivity contribution in [2.24, 2.45) is 10.9 Å². The quantitative estimate of drug-likeness (QED) is 0.438. The van der Waals surface area contributed by atoms with Crippen molar-refractivity contribution >= 4 is 35.6 Å². The van der Waals surface area contributed by atoms with E-state index < -0.39 is 0 Å². The predicted octanol–water partition coefficient (Wildman–Crippen LogP) is 3.72. The molecule has 4 nitrogen and oxygen atoms in total. The Hall–Kier alpha value is -0.820. The standard InChI is InChI=1S/C18H27N3O.HI/c22-17-11-7-8-15(17)14-19-18(21-12-5-2-6-13-21)20-16-9-3-1-4-10-16;/h1,3-4,9-10,15,17,22H,2,5-8,11-14H2,(H,19,20);1H. The fraction of sp³-hybridized carbons (Fsp3) is 0.611. The zero-order valence-corrected chi connectivity index (χ0v) is 16.0. The van der Waals surface area contributed by atoms with Crippen molar-refractivity contribution in [1.29, 1.82) is 0 Å². The van der Waals surface area contributed by atoms with E-state index in [1.165, 1.54) is 19.3 Å². The number of para-hydroxylation sites is 1. The van der Waals surface area contributed by atoms with Crippen molar-refractivity contribution in [3.05, 3.63) is 30.3 Å². The number of nitrogens with zero attached hydrogens (tertiary/aromatic N) is 2. The molecular weight excluding hydrogens is 401 g/mol. The number of halogens is 1. The Bertz CT molecular complexity index is 488. The Balaban J connectivity index is 0.00000192. The minimum Gasteiger partial charge on any atom is -0.393 e. The molecule has 2 fully saturated rings. The Morgan fingerprint density at radius 3 is 2.48 bits per heavy atom. The normalized spacial score (nSPS) is 25.1. The van der Waals surface area contributed by atoms with Gasteiger partial charge in [0.2, 0.25) is 0 Å². The second-order valence-corrected chi connectivity index (χ2v) is 6.46. The Kier molecular flexibility index (Phi) is 7.62. The number of rotatable bonds is 3. The van der Waals surface area contributed by atoms with E-state index in [4.69, 9.17) is 4.99 Å². The summed E-state index contributed by atoms with van der Waals surface area (Å²) in [4.78, 5) is 7.21. The third-order valence-corrected chi connectivity index (χ3v) is 4.78. The Morgan fingerprint density at radius 2 is 1.83 bits per heavy atom. The first-order valence-electron chi connectivity index (χ1n) is 8.62. The molecule has 5 heteroatoms. The van der Waals surface area contributed by atoms with E-state index in [0.29, 0.717) is 5.92 Å². The highest BCUT2D eigenvalue weighted by atomic mass is 127. The van der Waals surface area contributed by atoms with Crippen molar-refractivity contribution in [2.45, 2.75) is 44.6 Å². The first-order valence-corrected chi connectivity index (χ1v) is 8.62. The van der Waals surface area contributed by atoms with Crippen LogP contribution in [0.5, 0.6) is 0 Å². The molecule has 1 heterocycles. The maximum absolute atomic E-state index is 10.00. The lowest BCUT2D eigenvalue weighted by atomic mass is 10.1. The zero-order chi connectivity index (χ0) is 15.2. The number of likely N-dealkylation sites (tertiary alicyclic amines) is 1. The second-order valence-electron chi connectivity index (χ2n) is 6.46. The molecule has 2 atom stereocenters. The van der Waals surface area contributed by atoms with Gasteiger partial charge in [-0.3, -0.25) is 4.99 Å². The van der Waals surface area contributed by atoms with Gasteiger partial charge in [-0.1, -0.05) is 24.6 Å². The number of nitrogens with one attached hydrogen (secondary N) is 1. The summed E-state index contributed by atoms with van der Waals surface area (Å²) < 4.78 is 0. The van der Waals surface area contributed by atoms with E-state index in [1.807, 2.05) is 18.2 Å². The largest absolute Gasteiger partial charge is 0.393 e. The van der Waals surface area contributed by atoms with Crippen molar-refractivity contribution < 1.29 is 5.11 Å². The number of aliphatic imine (C=N–C) groups is 1. The number of anilines is 1. The molecule has 1 aliphatic heterocycles. The minimum absolute atomic E-state index is 0. The molecule has 2 aliphatic rings. The van der Waals surface area contributed by atoms with Crippen LogP contribution in [0.4, 0.5) is 5.69 Å². The van der Waals surface area contributed by atoms with Gasteiger partial charge >= 0.3 is 0 Å². The highest BCUT2D eigenvalue weighted by Gasteiger charge is 2.25. The van der Waals surface area contributed by atoms with Gasteiger partial charge in [0.15, 0.2) is 5.96 Å². The number of piperidine rings is 1. The van der Waals surface area contributed by atoms with Crippen LogP contribution in [0.25, 0.3) is 0 Å². The van der Waals surface area contributed by atoms with Crippen LogP contribution in [0.3, 0.4) is 0 Å². The fourth-order valence-corrected chi connectivity index (χ4v) is 3.41. The van der Waals surface area contributed by atoms with Gasteiger partial charge in [0.1, 0.15) is 0 Å². The number of hydrogen-bond acceptors (Lipinski definition) is 2. The summed E-state index contributed by atoms with van der Waals surface area (Å²) in [6.07, 6.45) is 6.80. The highest BCUT2D eigenvalue weighted by Crippen LogP contribution is 2.26. The van der Waals surface area contributed by atoms with E-state index in [2.05, 4.69) is 22.3 Å². The van der Waals surface area contributed by atoms with Gasteiger partial charge in [0, 0.05) is 31.2 Å². The first-order chi connectivity index (χ1) is 10.8. The molecule has 0 radical (unpaired) electrons. The Morgan fingerprint density at radius 1 is 1.09 bits per heavy atom. The van der Waals surface area contributed by atoms with E-state index in [9.17, 15) is 5.11 Å². The summed E-state index contributed by atoms with van der Waals surface area (Å²) in [6, 6.07) is 10.2. The van der Waals surface area contributed by atoms with Gasteiger partial charge < -0.3 is 15.3 Å². The maximum Gasteiger partial charge on any atom is 0.198 e. The monoisotopic (exact) mass is 429 g/mol. The topological polar surface area (TPSA) is 47.9 Å². The zero-order valence-electron chi connectivity index (χ0n) is 13.7. The van der Waals surface area contributed by atoms with Crippen LogP contribution in [-0.4, -0.2) is 41.7 Å². The lowest BCUT2D eigenvalue weighted by molar-refractivity contribution is 0.136. The van der Waals surface area contributed by atoms with Crippen LogP contribution in [0.15, 0.2) is 35.3 Å². The summed E-state index contributed by atoms with van der Waals surface area (Å²) in [5.74, 6) is 1.31. The van der Waals surface area contributed by atoms with Crippen LogP contribution in [0.1, 0.15) is 38.5 Å². The third-order valence-electron chi connectivity index (χ3n) is 4.78. The molecule has 3 rings (SSSR count). The number of guanidine groups is 1. The average molecular weight is 429 g/mol. The lowest BCUT2D eigenvalue weighted by Crippen LogP contribution is -2.40. The van der Waals surface area contributed by atoms with E-state index in [-0.39, 0.29) is 30.1 Å². The highest BCUT2D eigenvalue weighted by molar-refractivity contribution is 14.0. The van der Waals surface area contributed by atoms with Crippen LogP contribution in [-0.2, 0) is 0 Å². The van der Waals surface area contributed by atoms with Crippen molar-refractivity contribution in [3.63, 3.8) is 0 Å². The molecule has 0 amide bonds. The van der Waals surface area contributed by atoms with Crippen LogP contribution in [0.2, 0.25) is 0 Å². The van der Waals surface area contributed by atoms with Gasteiger partial charge in [-0.2, -0.15) is 0 Å². The van der Waals surface area contributed by atoms with Crippen LogP contribution >= 0.6 is 24.0 Å². The molecule has 2 N–H and O–H groups in total. The molecule has 1 aromatic rings. The van der Waals surface area contributed by atoms with E-state index >= 15 is 0 Å². The van der Waals surface area contributed by atoms with Gasteiger partial charge in [0.05, 0.1) is 6.10 Å². The second kappa shape index (κ2) is 9.47. The molecule has 0 spiro atoms. The van der Waals surface area contributed by atoms with Crippen molar-refractivity contribution in [1.82, 2.24) is 4.90 Å². The average Bonchev–Trinajstić information content (AvgIpc) is 2.98. The van der Waals surface area contributed by atoms with Gasteiger partial charge in [-0.25, -0.2) is 0 Å². The molecule has 1 saturated heterocycles. The molecule has 2 unspecified atom stereocenters. The van der Waals surface area contributed by atoms with E-state index in [0.717, 1.165) is 50.5 Å². The number of benzene rings is 1. The molecule has 0 bridgehead atoms. The molecule has 1 aliphatic carbocycles. The first kappa shape index (κ1) is 18.5. The van der Waals surface area contributed by atoms with Crippen molar-refractivity contribution in [2.75, 3.05) is 25.0 Å². The summed E-state index contributed by atoms with van der Waals surface area (Å²) in [5, 5.41) is 13.5. The van der Waals surface area contributed by atoms with Crippen LogP contribution < -0.4 is 5.32 Å². The smallest absolute Gasteiger partial charge is 0.198 e.